The van der Waals surface area contributed by atoms with Crippen molar-refractivity contribution in [2.24, 2.45) is 0 Å². The van der Waals surface area contributed by atoms with Crippen LogP contribution in [-0.4, -0.2) is 22.8 Å². The van der Waals surface area contributed by atoms with E-state index in [1.165, 1.54) is 19.3 Å². The number of carbonyl (C=O) groups excluding carboxylic acids is 2. The normalized spacial score (nSPS) is 21.4. The first-order chi connectivity index (χ1) is 6.74. The number of thioether (sulfide) groups is 1. The lowest BCUT2D eigenvalue weighted by Gasteiger charge is -2.04. The van der Waals surface area contributed by atoms with Crippen molar-refractivity contribution in [3.05, 3.63) is 0 Å². The summed E-state index contributed by atoms with van der Waals surface area (Å²) < 4.78 is 0. The summed E-state index contributed by atoms with van der Waals surface area (Å²) in [6.07, 6.45) is 5.24. The van der Waals surface area contributed by atoms with E-state index in [1.807, 2.05) is 0 Å². The van der Waals surface area contributed by atoms with Gasteiger partial charge in [0, 0.05) is 6.42 Å². The van der Waals surface area contributed by atoms with Gasteiger partial charge in [0.05, 0.1) is 5.25 Å². The molecule has 1 saturated heterocycles. The summed E-state index contributed by atoms with van der Waals surface area (Å²) >= 11 is 1.61. The molecule has 1 fully saturated rings. The van der Waals surface area contributed by atoms with E-state index in [-0.39, 0.29) is 17.1 Å². The lowest BCUT2D eigenvalue weighted by Crippen LogP contribution is -2.23. The molecule has 80 valence electrons. The Balaban J connectivity index is 2.07. The van der Waals surface area contributed by atoms with E-state index in [1.54, 1.807) is 11.8 Å². The highest BCUT2D eigenvalue weighted by atomic mass is 32.2. The quantitative estimate of drug-likeness (QED) is 0.542. The first kappa shape index (κ1) is 11.6. The molecule has 0 aromatic rings. The molecule has 1 N–H and O–H groups in total. The highest BCUT2D eigenvalue weighted by molar-refractivity contribution is 8.00. The Morgan fingerprint density at radius 2 is 2.14 bits per heavy atom. The Bertz CT molecular complexity index is 218. The van der Waals surface area contributed by atoms with Gasteiger partial charge in [0.2, 0.25) is 11.8 Å². The molecule has 0 spiro atoms. The van der Waals surface area contributed by atoms with E-state index in [2.05, 4.69) is 12.2 Å². The average molecular weight is 215 g/mol. The molecule has 1 aliphatic rings. The SMILES string of the molecule is CCCCCCSC1CC(=O)NC1=O. The van der Waals surface area contributed by atoms with Crippen molar-refractivity contribution in [2.75, 3.05) is 5.75 Å². The van der Waals surface area contributed by atoms with Crippen molar-refractivity contribution in [3.63, 3.8) is 0 Å². The van der Waals surface area contributed by atoms with Gasteiger partial charge in [0.1, 0.15) is 0 Å². The van der Waals surface area contributed by atoms with Gasteiger partial charge in [-0.15, -0.1) is 11.8 Å². The molecule has 1 aliphatic heterocycles. The van der Waals surface area contributed by atoms with Crippen LogP contribution in [-0.2, 0) is 9.59 Å². The van der Waals surface area contributed by atoms with E-state index in [0.29, 0.717) is 6.42 Å². The van der Waals surface area contributed by atoms with Gasteiger partial charge in [-0.05, 0) is 12.2 Å². The summed E-state index contributed by atoms with van der Waals surface area (Å²) in [7, 11) is 0. The molecule has 0 saturated carbocycles. The standard InChI is InChI=1S/C10H17NO2S/c1-2-3-4-5-6-14-8-7-9(12)11-10(8)13/h8H,2-7H2,1H3,(H,11,12,13). The first-order valence-electron chi connectivity index (χ1n) is 5.19. The Morgan fingerprint density at radius 3 is 2.71 bits per heavy atom. The Kier molecular flexibility index (Phi) is 5.01. The van der Waals surface area contributed by atoms with Crippen LogP contribution in [0.3, 0.4) is 0 Å². The number of rotatable bonds is 6. The maximum Gasteiger partial charge on any atom is 0.240 e. The van der Waals surface area contributed by atoms with Crippen molar-refractivity contribution in [1.82, 2.24) is 5.32 Å². The molecule has 4 heteroatoms. The van der Waals surface area contributed by atoms with Crippen LogP contribution in [0.25, 0.3) is 0 Å². The van der Waals surface area contributed by atoms with Crippen molar-refractivity contribution < 1.29 is 9.59 Å². The molecule has 14 heavy (non-hydrogen) atoms. The van der Waals surface area contributed by atoms with Crippen LogP contribution >= 0.6 is 11.8 Å². The largest absolute Gasteiger partial charge is 0.295 e. The molecule has 0 bridgehead atoms. The van der Waals surface area contributed by atoms with Crippen LogP contribution in [0.15, 0.2) is 0 Å². The number of amides is 2. The maximum atomic E-state index is 11.2. The molecule has 0 aromatic heterocycles. The monoisotopic (exact) mass is 215 g/mol. The topological polar surface area (TPSA) is 46.2 Å². The zero-order valence-corrected chi connectivity index (χ0v) is 9.36. The Labute approximate surface area is 89.0 Å². The summed E-state index contributed by atoms with van der Waals surface area (Å²) in [5.41, 5.74) is 0. The molecule has 2 amide bonds. The molecule has 1 heterocycles. The zero-order chi connectivity index (χ0) is 10.4. The minimum atomic E-state index is -0.124. The van der Waals surface area contributed by atoms with Crippen molar-refractivity contribution in [1.29, 1.82) is 0 Å². The Hall–Kier alpha value is -0.510. The minimum Gasteiger partial charge on any atom is -0.295 e. The minimum absolute atomic E-state index is 0.101. The second-order valence-corrected chi connectivity index (χ2v) is 4.85. The van der Waals surface area contributed by atoms with Crippen LogP contribution in [0.5, 0.6) is 0 Å². The Morgan fingerprint density at radius 1 is 1.36 bits per heavy atom. The fourth-order valence-corrected chi connectivity index (χ4v) is 2.55. The zero-order valence-electron chi connectivity index (χ0n) is 8.54. The van der Waals surface area contributed by atoms with E-state index in [9.17, 15) is 9.59 Å². The van der Waals surface area contributed by atoms with Gasteiger partial charge in [-0.2, -0.15) is 0 Å². The fraction of sp³-hybridized carbons (Fsp3) is 0.800. The van der Waals surface area contributed by atoms with Gasteiger partial charge in [0.15, 0.2) is 0 Å². The van der Waals surface area contributed by atoms with Gasteiger partial charge in [-0.1, -0.05) is 26.2 Å². The summed E-state index contributed by atoms with van der Waals surface area (Å²) in [5.74, 6) is 0.766. The third kappa shape index (κ3) is 3.70. The third-order valence-corrected chi connectivity index (χ3v) is 3.55. The summed E-state index contributed by atoms with van der Waals surface area (Å²) in [6.45, 7) is 2.18. The molecule has 1 rings (SSSR count). The number of nitrogens with one attached hydrogen (secondary N) is 1. The van der Waals surface area contributed by atoms with Crippen molar-refractivity contribution >= 4 is 23.6 Å². The van der Waals surface area contributed by atoms with E-state index in [4.69, 9.17) is 0 Å². The van der Waals surface area contributed by atoms with Gasteiger partial charge < -0.3 is 0 Å². The van der Waals surface area contributed by atoms with Crippen LogP contribution in [0, 0.1) is 0 Å². The highest BCUT2D eigenvalue weighted by Crippen LogP contribution is 2.20. The number of unbranched alkanes of at least 4 members (excludes halogenated alkanes) is 3. The molecule has 0 aromatic carbocycles. The van der Waals surface area contributed by atoms with Gasteiger partial charge >= 0.3 is 0 Å². The fourth-order valence-electron chi connectivity index (χ4n) is 1.42. The predicted molar refractivity (Wildman–Crippen MR) is 58.2 cm³/mol. The lowest BCUT2D eigenvalue weighted by atomic mass is 10.2. The van der Waals surface area contributed by atoms with Gasteiger partial charge in [-0.3, -0.25) is 14.9 Å². The molecule has 0 aliphatic carbocycles. The second kappa shape index (κ2) is 6.06. The van der Waals surface area contributed by atoms with Gasteiger partial charge in [0.25, 0.3) is 0 Å². The van der Waals surface area contributed by atoms with Crippen LogP contribution in [0.4, 0.5) is 0 Å². The van der Waals surface area contributed by atoms with Crippen molar-refractivity contribution in [3.8, 4) is 0 Å². The average Bonchev–Trinajstić information content (AvgIpc) is 2.45. The molecule has 3 nitrogen and oxygen atoms in total. The van der Waals surface area contributed by atoms with Crippen LogP contribution in [0.1, 0.15) is 39.0 Å². The van der Waals surface area contributed by atoms with Crippen LogP contribution in [0.2, 0.25) is 0 Å². The summed E-state index contributed by atoms with van der Waals surface area (Å²) in [6, 6.07) is 0. The summed E-state index contributed by atoms with van der Waals surface area (Å²) in [5, 5.41) is 2.20. The second-order valence-electron chi connectivity index (χ2n) is 3.54. The van der Waals surface area contributed by atoms with E-state index < -0.39 is 0 Å². The van der Waals surface area contributed by atoms with Gasteiger partial charge in [-0.25, -0.2) is 0 Å². The molecular formula is C10H17NO2S. The van der Waals surface area contributed by atoms with Crippen molar-refractivity contribution in [2.45, 2.75) is 44.3 Å². The predicted octanol–water partition coefficient (Wildman–Crippen LogP) is 1.71. The third-order valence-electron chi connectivity index (χ3n) is 2.24. The maximum absolute atomic E-state index is 11.2. The number of carbonyl (C=O) groups is 2. The molecule has 1 unspecified atom stereocenters. The lowest BCUT2D eigenvalue weighted by molar-refractivity contribution is -0.124. The van der Waals surface area contributed by atoms with E-state index >= 15 is 0 Å². The highest BCUT2D eigenvalue weighted by Gasteiger charge is 2.30. The molecular weight excluding hydrogens is 198 g/mol. The summed E-state index contributed by atoms with van der Waals surface area (Å²) in [4.78, 5) is 22.0. The molecule has 1 atom stereocenters. The van der Waals surface area contributed by atoms with Crippen LogP contribution < -0.4 is 5.32 Å². The number of imide groups is 1. The number of hydrogen-bond acceptors (Lipinski definition) is 3. The number of hydrogen-bond donors (Lipinski definition) is 1. The first-order valence-corrected chi connectivity index (χ1v) is 6.24. The van der Waals surface area contributed by atoms with E-state index in [0.717, 1.165) is 12.2 Å². The smallest absolute Gasteiger partial charge is 0.240 e. The molecule has 0 radical (unpaired) electrons.